The van der Waals surface area contributed by atoms with Gasteiger partial charge in [0, 0.05) is 5.39 Å². The van der Waals surface area contributed by atoms with Crippen LogP contribution in [0.1, 0.15) is 34.8 Å². The standard InChI is InChI=1S/C21H19N3O2/c1-14(20-12-16-8-6-7-11-19(16)26-20)23-21(25)18-13-22-24(15(18)2)17-9-4-3-5-10-17/h3-14H,1-2H3,(H,23,25). The Morgan fingerprint density at radius 3 is 2.62 bits per heavy atom. The second-order valence-electron chi connectivity index (χ2n) is 6.27. The van der Waals surface area contributed by atoms with E-state index in [9.17, 15) is 4.79 Å². The molecule has 5 heteroatoms. The number of hydrogen-bond acceptors (Lipinski definition) is 3. The molecule has 1 atom stereocenters. The second kappa shape index (κ2) is 6.52. The van der Waals surface area contributed by atoms with E-state index in [4.69, 9.17) is 4.42 Å². The first-order chi connectivity index (χ1) is 12.6. The van der Waals surface area contributed by atoms with Crippen LogP contribution in [0, 0.1) is 6.92 Å². The van der Waals surface area contributed by atoms with Gasteiger partial charge < -0.3 is 9.73 Å². The molecular formula is C21H19N3O2. The van der Waals surface area contributed by atoms with E-state index >= 15 is 0 Å². The number of carbonyl (C=O) groups is 1. The molecule has 4 rings (SSSR count). The molecule has 2 aromatic carbocycles. The van der Waals surface area contributed by atoms with Crippen molar-refractivity contribution >= 4 is 16.9 Å². The van der Waals surface area contributed by atoms with Crippen LogP contribution in [0.3, 0.4) is 0 Å². The Morgan fingerprint density at radius 2 is 1.85 bits per heavy atom. The maximum atomic E-state index is 12.7. The van der Waals surface area contributed by atoms with E-state index in [0.717, 1.165) is 28.1 Å². The summed E-state index contributed by atoms with van der Waals surface area (Å²) in [5, 5.41) is 8.37. The van der Waals surface area contributed by atoms with Gasteiger partial charge in [-0.1, -0.05) is 36.4 Å². The van der Waals surface area contributed by atoms with E-state index in [-0.39, 0.29) is 11.9 Å². The van der Waals surface area contributed by atoms with Crippen molar-refractivity contribution in [2.75, 3.05) is 0 Å². The van der Waals surface area contributed by atoms with Gasteiger partial charge in [0.2, 0.25) is 0 Å². The molecule has 0 spiro atoms. The van der Waals surface area contributed by atoms with Gasteiger partial charge in [-0.3, -0.25) is 4.79 Å². The number of nitrogens with one attached hydrogen (secondary N) is 1. The largest absolute Gasteiger partial charge is 0.459 e. The fourth-order valence-corrected chi connectivity index (χ4v) is 3.02. The fourth-order valence-electron chi connectivity index (χ4n) is 3.02. The van der Waals surface area contributed by atoms with Crippen molar-refractivity contribution in [3.05, 3.63) is 83.9 Å². The molecule has 5 nitrogen and oxygen atoms in total. The van der Waals surface area contributed by atoms with Crippen molar-refractivity contribution in [3.63, 3.8) is 0 Å². The molecule has 2 heterocycles. The Kier molecular flexibility index (Phi) is 4.05. The van der Waals surface area contributed by atoms with E-state index in [1.54, 1.807) is 10.9 Å². The summed E-state index contributed by atoms with van der Waals surface area (Å²) >= 11 is 0. The highest BCUT2D eigenvalue weighted by Crippen LogP contribution is 2.24. The Labute approximate surface area is 151 Å². The average molecular weight is 345 g/mol. The fraction of sp³-hybridized carbons (Fsp3) is 0.143. The lowest BCUT2D eigenvalue weighted by Gasteiger charge is -2.11. The summed E-state index contributed by atoms with van der Waals surface area (Å²) in [5.41, 5.74) is 3.09. The van der Waals surface area contributed by atoms with Gasteiger partial charge in [-0.05, 0) is 38.1 Å². The van der Waals surface area contributed by atoms with Crippen molar-refractivity contribution in [3.8, 4) is 5.69 Å². The Bertz CT molecular complexity index is 1030. The monoisotopic (exact) mass is 345 g/mol. The number of para-hydroxylation sites is 2. The molecule has 1 unspecified atom stereocenters. The molecule has 1 N–H and O–H groups in total. The summed E-state index contributed by atoms with van der Waals surface area (Å²) in [5.74, 6) is 0.560. The SMILES string of the molecule is Cc1c(C(=O)NC(C)c2cc3ccccc3o2)cnn1-c1ccccc1. The van der Waals surface area contributed by atoms with Crippen LogP contribution in [0.15, 0.2) is 71.3 Å². The van der Waals surface area contributed by atoms with Crippen molar-refractivity contribution in [1.29, 1.82) is 0 Å². The van der Waals surface area contributed by atoms with Crippen LogP contribution in [0.4, 0.5) is 0 Å². The number of aromatic nitrogens is 2. The van der Waals surface area contributed by atoms with Gasteiger partial charge in [-0.2, -0.15) is 5.10 Å². The first-order valence-corrected chi connectivity index (χ1v) is 8.53. The molecule has 0 bridgehead atoms. The van der Waals surface area contributed by atoms with Crippen molar-refractivity contribution in [2.45, 2.75) is 19.9 Å². The minimum absolute atomic E-state index is 0.169. The summed E-state index contributed by atoms with van der Waals surface area (Å²) in [4.78, 5) is 12.7. The van der Waals surface area contributed by atoms with E-state index in [1.807, 2.05) is 74.5 Å². The minimum Gasteiger partial charge on any atom is -0.459 e. The number of rotatable bonds is 4. The summed E-state index contributed by atoms with van der Waals surface area (Å²) in [6.07, 6.45) is 1.60. The van der Waals surface area contributed by atoms with Crippen LogP contribution in [0.25, 0.3) is 16.7 Å². The van der Waals surface area contributed by atoms with Gasteiger partial charge in [-0.15, -0.1) is 0 Å². The number of furan rings is 1. The topological polar surface area (TPSA) is 60.1 Å². The number of hydrogen-bond donors (Lipinski definition) is 1. The van der Waals surface area contributed by atoms with Crippen molar-refractivity contribution < 1.29 is 9.21 Å². The highest BCUT2D eigenvalue weighted by molar-refractivity contribution is 5.95. The van der Waals surface area contributed by atoms with Crippen LogP contribution >= 0.6 is 0 Å². The molecule has 0 aliphatic heterocycles. The molecule has 0 saturated heterocycles. The van der Waals surface area contributed by atoms with E-state index in [0.29, 0.717) is 5.56 Å². The first-order valence-electron chi connectivity index (χ1n) is 8.53. The van der Waals surface area contributed by atoms with Gasteiger partial charge in [-0.25, -0.2) is 4.68 Å². The van der Waals surface area contributed by atoms with E-state index in [2.05, 4.69) is 10.4 Å². The van der Waals surface area contributed by atoms with E-state index < -0.39 is 0 Å². The number of amides is 1. The normalized spacial score (nSPS) is 12.2. The molecule has 1 amide bonds. The highest BCUT2D eigenvalue weighted by atomic mass is 16.3. The third kappa shape index (κ3) is 2.88. The molecule has 0 radical (unpaired) electrons. The van der Waals surface area contributed by atoms with Crippen LogP contribution in [0.2, 0.25) is 0 Å². The summed E-state index contributed by atoms with van der Waals surface area (Å²) in [7, 11) is 0. The van der Waals surface area contributed by atoms with Gasteiger partial charge in [0.15, 0.2) is 0 Å². The van der Waals surface area contributed by atoms with Crippen LogP contribution in [-0.2, 0) is 0 Å². The predicted octanol–water partition coefficient (Wildman–Crippen LogP) is 4.42. The Hall–Kier alpha value is -3.34. The summed E-state index contributed by atoms with van der Waals surface area (Å²) in [6.45, 7) is 3.80. The minimum atomic E-state index is -0.241. The lowest BCUT2D eigenvalue weighted by Crippen LogP contribution is -2.26. The Morgan fingerprint density at radius 1 is 1.12 bits per heavy atom. The molecule has 130 valence electrons. The quantitative estimate of drug-likeness (QED) is 0.596. The highest BCUT2D eigenvalue weighted by Gasteiger charge is 2.19. The number of benzene rings is 2. The van der Waals surface area contributed by atoms with Crippen LogP contribution in [0.5, 0.6) is 0 Å². The molecule has 0 fully saturated rings. The molecule has 2 aromatic heterocycles. The maximum absolute atomic E-state index is 12.7. The van der Waals surface area contributed by atoms with Gasteiger partial charge in [0.1, 0.15) is 11.3 Å². The zero-order valence-corrected chi connectivity index (χ0v) is 14.6. The number of carbonyl (C=O) groups excluding carboxylic acids is 1. The molecule has 26 heavy (non-hydrogen) atoms. The first kappa shape index (κ1) is 16.1. The lowest BCUT2D eigenvalue weighted by atomic mass is 10.2. The van der Waals surface area contributed by atoms with Crippen LogP contribution < -0.4 is 5.32 Å². The smallest absolute Gasteiger partial charge is 0.255 e. The third-order valence-electron chi connectivity index (χ3n) is 4.47. The molecule has 0 aliphatic carbocycles. The van der Waals surface area contributed by atoms with Gasteiger partial charge >= 0.3 is 0 Å². The zero-order valence-electron chi connectivity index (χ0n) is 14.6. The molecule has 0 saturated carbocycles. The zero-order chi connectivity index (χ0) is 18.1. The lowest BCUT2D eigenvalue weighted by molar-refractivity contribution is 0.0935. The van der Waals surface area contributed by atoms with Crippen molar-refractivity contribution in [2.24, 2.45) is 0 Å². The predicted molar refractivity (Wildman–Crippen MR) is 100 cm³/mol. The average Bonchev–Trinajstić information content (AvgIpc) is 3.26. The van der Waals surface area contributed by atoms with Gasteiger partial charge in [0.05, 0.1) is 29.2 Å². The summed E-state index contributed by atoms with van der Waals surface area (Å²) < 4.78 is 7.60. The number of fused-ring (bicyclic) bond motifs is 1. The van der Waals surface area contributed by atoms with E-state index in [1.165, 1.54) is 0 Å². The van der Waals surface area contributed by atoms with Gasteiger partial charge in [0.25, 0.3) is 5.91 Å². The second-order valence-corrected chi connectivity index (χ2v) is 6.27. The molecule has 4 aromatic rings. The third-order valence-corrected chi connectivity index (χ3v) is 4.47. The Balaban J connectivity index is 1.55. The molecular weight excluding hydrogens is 326 g/mol. The maximum Gasteiger partial charge on any atom is 0.255 e. The number of nitrogens with zero attached hydrogens (tertiary/aromatic N) is 2. The summed E-state index contributed by atoms with van der Waals surface area (Å²) in [6, 6.07) is 19.3. The molecule has 0 aliphatic rings. The van der Waals surface area contributed by atoms with Crippen molar-refractivity contribution in [1.82, 2.24) is 15.1 Å². The van der Waals surface area contributed by atoms with Crippen LogP contribution in [-0.4, -0.2) is 15.7 Å².